The van der Waals surface area contributed by atoms with Crippen molar-refractivity contribution in [2.75, 3.05) is 0 Å². The van der Waals surface area contributed by atoms with Gasteiger partial charge in [-0.3, -0.25) is 0 Å². The topological polar surface area (TPSA) is 12.0 Å². The lowest BCUT2D eigenvalue weighted by Crippen LogP contribution is -2.19. The van der Waals surface area contributed by atoms with Crippen LogP contribution in [-0.2, 0) is 13.0 Å². The van der Waals surface area contributed by atoms with Crippen molar-refractivity contribution >= 4 is 27.3 Å². The van der Waals surface area contributed by atoms with Gasteiger partial charge in [0, 0.05) is 26.8 Å². The molecule has 0 bridgehead atoms. The molecule has 0 amide bonds. The molecule has 2 rings (SSSR count). The highest BCUT2D eigenvalue weighted by Gasteiger charge is 2.09. The number of aryl methyl sites for hydroxylation is 1. The van der Waals surface area contributed by atoms with E-state index in [0.29, 0.717) is 6.04 Å². The fourth-order valence-electron chi connectivity index (χ4n) is 2.12. The zero-order valence-electron chi connectivity index (χ0n) is 11.4. The van der Waals surface area contributed by atoms with Crippen molar-refractivity contribution in [3.05, 3.63) is 56.2 Å². The third-order valence-electron chi connectivity index (χ3n) is 3.27. The molecule has 3 heteroatoms. The van der Waals surface area contributed by atoms with Crippen LogP contribution in [0.3, 0.4) is 0 Å². The van der Waals surface area contributed by atoms with E-state index in [9.17, 15) is 0 Å². The van der Waals surface area contributed by atoms with Crippen molar-refractivity contribution in [1.82, 2.24) is 5.32 Å². The van der Waals surface area contributed by atoms with Crippen molar-refractivity contribution in [2.24, 2.45) is 0 Å². The van der Waals surface area contributed by atoms with Crippen molar-refractivity contribution in [3.8, 4) is 0 Å². The summed E-state index contributed by atoms with van der Waals surface area (Å²) in [4.78, 5) is 2.89. The van der Waals surface area contributed by atoms with E-state index in [1.807, 2.05) is 11.3 Å². The molecule has 1 N–H and O–H groups in total. The van der Waals surface area contributed by atoms with Crippen LogP contribution < -0.4 is 5.32 Å². The maximum absolute atomic E-state index is 3.65. The van der Waals surface area contributed by atoms with Gasteiger partial charge in [0.2, 0.25) is 0 Å². The van der Waals surface area contributed by atoms with Crippen molar-refractivity contribution in [1.29, 1.82) is 0 Å². The van der Waals surface area contributed by atoms with E-state index >= 15 is 0 Å². The Labute approximate surface area is 128 Å². The Morgan fingerprint density at radius 1 is 1.05 bits per heavy atom. The fourth-order valence-corrected chi connectivity index (χ4v) is 3.30. The third-order valence-corrected chi connectivity index (χ3v) is 5.03. The van der Waals surface area contributed by atoms with E-state index in [4.69, 9.17) is 0 Å². The molecule has 2 aromatic rings. The second-order valence-corrected chi connectivity index (χ2v) is 6.78. The first kappa shape index (κ1) is 14.8. The van der Waals surface area contributed by atoms with Crippen molar-refractivity contribution in [3.63, 3.8) is 0 Å². The molecule has 1 atom stereocenters. The molecule has 1 aromatic heterocycles. The Morgan fingerprint density at radius 2 is 1.74 bits per heavy atom. The van der Waals surface area contributed by atoms with E-state index in [-0.39, 0.29) is 0 Å². The highest BCUT2D eigenvalue weighted by Crippen LogP contribution is 2.22. The van der Waals surface area contributed by atoms with E-state index in [1.54, 1.807) is 0 Å². The quantitative estimate of drug-likeness (QED) is 0.752. The van der Waals surface area contributed by atoms with Crippen molar-refractivity contribution < 1.29 is 0 Å². The van der Waals surface area contributed by atoms with E-state index in [1.165, 1.54) is 15.3 Å². The van der Waals surface area contributed by atoms with Crippen LogP contribution in [-0.4, -0.2) is 0 Å². The predicted molar refractivity (Wildman–Crippen MR) is 87.7 cm³/mol. The summed E-state index contributed by atoms with van der Waals surface area (Å²) in [5.41, 5.74) is 1.36. The molecule has 0 aliphatic rings. The Morgan fingerprint density at radius 3 is 2.32 bits per heavy atom. The van der Waals surface area contributed by atoms with Crippen LogP contribution in [0.4, 0.5) is 0 Å². The lowest BCUT2D eigenvalue weighted by atomic mass is 10.0. The number of hydrogen-bond acceptors (Lipinski definition) is 2. The van der Waals surface area contributed by atoms with Gasteiger partial charge in [0.25, 0.3) is 0 Å². The molecule has 0 fully saturated rings. The molecule has 0 aliphatic carbocycles. The first-order valence-electron chi connectivity index (χ1n) is 6.79. The van der Waals surface area contributed by atoms with Crippen LogP contribution >= 0.6 is 27.3 Å². The summed E-state index contributed by atoms with van der Waals surface area (Å²) in [6.45, 7) is 5.39. The van der Waals surface area contributed by atoms with Gasteiger partial charge < -0.3 is 5.32 Å². The number of nitrogens with one attached hydrogen (secondary N) is 1. The summed E-state index contributed by atoms with van der Waals surface area (Å²) in [6, 6.07) is 13.5. The van der Waals surface area contributed by atoms with Gasteiger partial charge in [-0.25, -0.2) is 0 Å². The largest absolute Gasteiger partial charge is 0.305 e. The Hall–Kier alpha value is -0.640. The minimum Gasteiger partial charge on any atom is -0.305 e. The summed E-state index contributed by atoms with van der Waals surface area (Å²) < 4.78 is 1.14. The molecular formula is C16H20BrNS. The van der Waals surface area contributed by atoms with Gasteiger partial charge in [0.05, 0.1) is 0 Å². The van der Waals surface area contributed by atoms with Gasteiger partial charge in [0.15, 0.2) is 0 Å². The van der Waals surface area contributed by atoms with E-state index in [0.717, 1.165) is 23.9 Å². The average molecular weight is 338 g/mol. The van der Waals surface area contributed by atoms with Crippen LogP contribution in [0.2, 0.25) is 0 Å². The molecule has 0 saturated carbocycles. The van der Waals surface area contributed by atoms with E-state index < -0.39 is 0 Å². The SMILES string of the molecule is CCc1ccc(CNC(CC)c2ccc(Br)cc2)s1. The molecule has 1 aromatic carbocycles. The predicted octanol–water partition coefficient (Wildman–Crippen LogP) is 5.31. The molecular weight excluding hydrogens is 318 g/mol. The normalized spacial score (nSPS) is 12.6. The molecule has 102 valence electrons. The smallest absolute Gasteiger partial charge is 0.0320 e. The fraction of sp³-hybridized carbons (Fsp3) is 0.375. The number of thiophene rings is 1. The number of benzene rings is 1. The van der Waals surface area contributed by atoms with Gasteiger partial charge >= 0.3 is 0 Å². The highest BCUT2D eigenvalue weighted by atomic mass is 79.9. The summed E-state index contributed by atoms with van der Waals surface area (Å²) in [5, 5.41) is 3.65. The first-order chi connectivity index (χ1) is 9.22. The van der Waals surface area contributed by atoms with Gasteiger partial charge in [-0.1, -0.05) is 41.9 Å². The average Bonchev–Trinajstić information content (AvgIpc) is 2.89. The number of halogens is 1. The molecule has 0 aliphatic heterocycles. The maximum atomic E-state index is 3.65. The van der Waals surface area contributed by atoms with Gasteiger partial charge in [0.1, 0.15) is 0 Å². The Kier molecular flexibility index (Phi) is 5.61. The zero-order chi connectivity index (χ0) is 13.7. The van der Waals surface area contributed by atoms with Gasteiger partial charge in [-0.15, -0.1) is 11.3 Å². The molecule has 0 spiro atoms. The van der Waals surface area contributed by atoms with E-state index in [2.05, 4.69) is 71.5 Å². The lowest BCUT2D eigenvalue weighted by Gasteiger charge is -2.17. The van der Waals surface area contributed by atoms with Crippen LogP contribution in [0.5, 0.6) is 0 Å². The van der Waals surface area contributed by atoms with Crippen LogP contribution in [0.15, 0.2) is 40.9 Å². The van der Waals surface area contributed by atoms with Crippen LogP contribution in [0, 0.1) is 0 Å². The number of hydrogen-bond donors (Lipinski definition) is 1. The second-order valence-electron chi connectivity index (χ2n) is 4.61. The summed E-state index contributed by atoms with van der Waals surface area (Å²) >= 11 is 5.40. The second kappa shape index (κ2) is 7.22. The third kappa shape index (κ3) is 4.16. The molecule has 1 unspecified atom stereocenters. The summed E-state index contributed by atoms with van der Waals surface area (Å²) in [7, 11) is 0. The highest BCUT2D eigenvalue weighted by molar-refractivity contribution is 9.10. The first-order valence-corrected chi connectivity index (χ1v) is 8.40. The maximum Gasteiger partial charge on any atom is 0.0320 e. The molecule has 0 radical (unpaired) electrons. The molecule has 1 nitrogen and oxygen atoms in total. The van der Waals surface area contributed by atoms with Gasteiger partial charge in [-0.2, -0.15) is 0 Å². The Bertz CT molecular complexity index is 504. The molecule has 19 heavy (non-hydrogen) atoms. The molecule has 1 heterocycles. The number of rotatable bonds is 6. The molecule has 0 saturated heterocycles. The lowest BCUT2D eigenvalue weighted by molar-refractivity contribution is 0.522. The minimum absolute atomic E-state index is 0.431. The van der Waals surface area contributed by atoms with Crippen LogP contribution in [0.1, 0.15) is 41.6 Å². The van der Waals surface area contributed by atoms with Gasteiger partial charge in [-0.05, 0) is 42.7 Å². The van der Waals surface area contributed by atoms with Crippen molar-refractivity contribution in [2.45, 2.75) is 39.3 Å². The standard InChI is InChI=1S/C16H20BrNS/c1-3-14-9-10-15(19-14)11-18-16(4-2)12-5-7-13(17)8-6-12/h5-10,16,18H,3-4,11H2,1-2H3. The summed E-state index contributed by atoms with van der Waals surface area (Å²) in [6.07, 6.45) is 2.24. The minimum atomic E-state index is 0.431. The van der Waals surface area contributed by atoms with Crippen LogP contribution in [0.25, 0.3) is 0 Å². The zero-order valence-corrected chi connectivity index (χ0v) is 13.9. The summed E-state index contributed by atoms with van der Waals surface area (Å²) in [5.74, 6) is 0. The monoisotopic (exact) mass is 337 g/mol. The Balaban J connectivity index is 1.97.